The third kappa shape index (κ3) is 2.24. The number of hydrogen-bond donors (Lipinski definition) is 0. The summed E-state index contributed by atoms with van der Waals surface area (Å²) in [6.45, 7) is 4.03. The van der Waals surface area contributed by atoms with Gasteiger partial charge in [0, 0.05) is 23.4 Å². The summed E-state index contributed by atoms with van der Waals surface area (Å²) in [5, 5.41) is 0.775. The van der Waals surface area contributed by atoms with Gasteiger partial charge in [-0.15, -0.1) is 13.2 Å². The third-order valence-corrected chi connectivity index (χ3v) is 6.38. The van der Waals surface area contributed by atoms with Crippen LogP contribution in [0.3, 0.4) is 0 Å². The van der Waals surface area contributed by atoms with E-state index in [4.69, 9.17) is 0 Å². The lowest BCUT2D eigenvalue weighted by molar-refractivity contribution is -0.0868. The van der Waals surface area contributed by atoms with Gasteiger partial charge >= 0.3 is 5.51 Å². The highest BCUT2D eigenvalue weighted by Gasteiger charge is 2.50. The molecular weight excluding hydrogens is 281 g/mol. The predicted molar refractivity (Wildman–Crippen MR) is 78.4 cm³/mol. The van der Waals surface area contributed by atoms with E-state index in [1.807, 2.05) is 26.0 Å². The molecule has 0 spiro atoms. The number of hydrogen-bond acceptors (Lipinski definition) is 0. The van der Waals surface area contributed by atoms with Crippen LogP contribution in [0.5, 0.6) is 0 Å². The van der Waals surface area contributed by atoms with Gasteiger partial charge in [-0.3, -0.25) is 0 Å². The summed E-state index contributed by atoms with van der Waals surface area (Å²) in [4.78, 5) is 0.625. The minimum atomic E-state index is -4.15. The molecule has 0 amide bonds. The van der Waals surface area contributed by atoms with Crippen LogP contribution < -0.4 is 0 Å². The molecule has 1 saturated carbocycles. The maximum Gasteiger partial charge on any atom is 0.600 e. The normalized spacial score (nSPS) is 17.8. The number of fused-ring (bicyclic) bond motifs is 1. The topological polar surface area (TPSA) is 0 Å². The molecular formula is C16H18F3S+. The van der Waals surface area contributed by atoms with Crippen molar-refractivity contribution >= 4 is 20.6 Å². The SMILES string of the molecule is CC(C)c1ccc2cc(C3CCC3)[s+](C(F)(F)F)c2c1. The quantitative estimate of drug-likeness (QED) is 0.558. The van der Waals surface area contributed by atoms with Crippen molar-refractivity contribution in [3.63, 3.8) is 0 Å². The zero-order chi connectivity index (χ0) is 14.5. The first-order chi connectivity index (χ1) is 9.38. The summed E-state index contributed by atoms with van der Waals surface area (Å²) in [7, 11) is -1.70. The van der Waals surface area contributed by atoms with Crippen molar-refractivity contribution in [2.45, 2.75) is 50.5 Å². The van der Waals surface area contributed by atoms with E-state index in [2.05, 4.69) is 0 Å². The molecule has 4 heteroatoms. The van der Waals surface area contributed by atoms with Gasteiger partial charge in [0.15, 0.2) is 9.58 Å². The molecule has 1 unspecified atom stereocenters. The molecule has 2 aromatic rings. The highest BCUT2D eigenvalue weighted by atomic mass is 32.2. The minimum Gasteiger partial charge on any atom is -0.118 e. The summed E-state index contributed by atoms with van der Waals surface area (Å²) >= 11 is 0. The molecule has 3 rings (SSSR count). The lowest BCUT2D eigenvalue weighted by atomic mass is 9.84. The monoisotopic (exact) mass is 299 g/mol. The summed E-state index contributed by atoms with van der Waals surface area (Å²) in [5.41, 5.74) is -3.16. The maximum absolute atomic E-state index is 13.5. The van der Waals surface area contributed by atoms with Gasteiger partial charge in [0.1, 0.15) is 0 Å². The van der Waals surface area contributed by atoms with Gasteiger partial charge in [-0.2, -0.15) is 0 Å². The van der Waals surface area contributed by atoms with Gasteiger partial charge in [0.25, 0.3) is 0 Å². The Morgan fingerprint density at radius 3 is 2.35 bits per heavy atom. The Labute approximate surface area is 119 Å². The van der Waals surface area contributed by atoms with Crippen LogP contribution in [-0.4, -0.2) is 0 Å². The van der Waals surface area contributed by atoms with Crippen molar-refractivity contribution in [3.8, 4) is 0 Å². The van der Waals surface area contributed by atoms with E-state index < -0.39 is 16.0 Å². The Bertz CT molecular complexity index is 633. The van der Waals surface area contributed by atoms with Gasteiger partial charge in [0.05, 0.1) is 10.5 Å². The highest BCUT2D eigenvalue weighted by Crippen LogP contribution is 2.56. The minimum absolute atomic E-state index is 0.148. The Morgan fingerprint density at radius 1 is 1.15 bits per heavy atom. The van der Waals surface area contributed by atoms with Gasteiger partial charge in [-0.25, -0.2) is 0 Å². The average molecular weight is 299 g/mol. The zero-order valence-corrected chi connectivity index (χ0v) is 12.4. The van der Waals surface area contributed by atoms with E-state index >= 15 is 0 Å². The Hall–Kier alpha value is -1.03. The van der Waals surface area contributed by atoms with Crippen molar-refractivity contribution in [2.24, 2.45) is 0 Å². The van der Waals surface area contributed by atoms with Gasteiger partial charge < -0.3 is 0 Å². The molecule has 0 saturated heterocycles. The first-order valence-corrected chi connectivity index (χ1v) is 8.27. The third-order valence-electron chi connectivity index (χ3n) is 4.20. The highest BCUT2D eigenvalue weighted by molar-refractivity contribution is 7.38. The van der Waals surface area contributed by atoms with Crippen LogP contribution in [0.2, 0.25) is 0 Å². The molecule has 0 bridgehead atoms. The number of benzene rings is 1. The van der Waals surface area contributed by atoms with E-state index in [0.717, 1.165) is 30.2 Å². The van der Waals surface area contributed by atoms with Gasteiger partial charge in [0.2, 0.25) is 0 Å². The second-order valence-electron chi connectivity index (χ2n) is 5.88. The molecule has 1 aliphatic rings. The summed E-state index contributed by atoms with van der Waals surface area (Å²) in [5.74, 6) is 0.404. The van der Waals surface area contributed by atoms with E-state index in [1.54, 1.807) is 12.1 Å². The fourth-order valence-electron chi connectivity index (χ4n) is 2.78. The molecule has 0 nitrogen and oxygen atoms in total. The van der Waals surface area contributed by atoms with E-state index in [0.29, 0.717) is 9.58 Å². The lowest BCUT2D eigenvalue weighted by Gasteiger charge is -2.21. The Morgan fingerprint density at radius 2 is 1.85 bits per heavy atom. The van der Waals surface area contributed by atoms with Gasteiger partial charge in [-0.1, -0.05) is 26.3 Å². The standard InChI is InChI=1S/C16H18F3S/c1-10(2)12-6-7-13-9-14(11-4-3-5-11)20(15(13)8-12)16(17,18)19/h6-11H,3-5H2,1-2H3/q+1. The number of halogens is 3. The second-order valence-corrected chi connectivity index (χ2v) is 7.86. The van der Waals surface area contributed by atoms with Crippen LogP contribution in [0.15, 0.2) is 24.3 Å². The number of alkyl halides is 3. The largest absolute Gasteiger partial charge is 0.600 e. The molecule has 0 aliphatic heterocycles. The van der Waals surface area contributed by atoms with Crippen molar-refractivity contribution < 1.29 is 13.2 Å². The van der Waals surface area contributed by atoms with Crippen LogP contribution in [0.4, 0.5) is 13.2 Å². The Kier molecular flexibility index (Phi) is 3.32. The molecule has 20 heavy (non-hydrogen) atoms. The molecule has 1 aromatic carbocycles. The molecule has 1 aliphatic carbocycles. The van der Waals surface area contributed by atoms with E-state index in [9.17, 15) is 13.2 Å². The van der Waals surface area contributed by atoms with Crippen molar-refractivity contribution in [1.29, 1.82) is 0 Å². The molecule has 1 heterocycles. The van der Waals surface area contributed by atoms with Crippen molar-refractivity contribution in [1.82, 2.24) is 0 Å². The number of rotatable bonds is 2. The molecule has 1 fully saturated rings. The molecule has 108 valence electrons. The molecule has 0 N–H and O–H groups in total. The maximum atomic E-state index is 13.5. The molecule has 0 radical (unpaired) electrons. The molecule has 1 aromatic heterocycles. The first-order valence-electron chi connectivity index (χ1n) is 7.04. The van der Waals surface area contributed by atoms with Crippen molar-refractivity contribution in [2.75, 3.05) is 0 Å². The fourth-order valence-corrected chi connectivity index (χ4v) is 4.98. The van der Waals surface area contributed by atoms with E-state index in [1.165, 1.54) is 0 Å². The van der Waals surface area contributed by atoms with Gasteiger partial charge in [-0.05, 0) is 30.4 Å². The van der Waals surface area contributed by atoms with Crippen LogP contribution >= 0.6 is 10.5 Å². The average Bonchev–Trinajstić information content (AvgIpc) is 2.63. The Balaban J connectivity index is 2.23. The van der Waals surface area contributed by atoms with E-state index in [-0.39, 0.29) is 11.8 Å². The van der Waals surface area contributed by atoms with Crippen LogP contribution in [0.1, 0.15) is 55.4 Å². The second kappa shape index (κ2) is 4.76. The van der Waals surface area contributed by atoms with Crippen molar-refractivity contribution in [3.05, 3.63) is 34.7 Å². The molecule has 1 atom stereocenters. The van der Waals surface area contributed by atoms with Crippen LogP contribution in [0, 0.1) is 0 Å². The predicted octanol–water partition coefficient (Wildman–Crippen LogP) is 6.46. The smallest absolute Gasteiger partial charge is 0.118 e. The van der Waals surface area contributed by atoms with Crippen LogP contribution in [-0.2, 0) is 5.51 Å². The zero-order valence-electron chi connectivity index (χ0n) is 11.6. The number of thiophene rings is 1. The summed E-state index contributed by atoms with van der Waals surface area (Å²) in [6.07, 6.45) is 2.89. The summed E-state index contributed by atoms with van der Waals surface area (Å²) in [6, 6.07) is 7.41. The fraction of sp³-hybridized carbons (Fsp3) is 0.500. The first kappa shape index (κ1) is 13.9. The lowest BCUT2D eigenvalue weighted by Crippen LogP contribution is -2.10. The van der Waals surface area contributed by atoms with Crippen LogP contribution in [0.25, 0.3) is 10.1 Å². The summed E-state index contributed by atoms with van der Waals surface area (Å²) < 4.78 is 41.0.